The Balaban J connectivity index is 2.01. The van der Waals surface area contributed by atoms with Crippen molar-refractivity contribution in [2.45, 2.75) is 19.4 Å². The van der Waals surface area contributed by atoms with Gasteiger partial charge in [0.15, 0.2) is 0 Å². The number of nitrogens with two attached hydrogens (primary N) is 1. The lowest BCUT2D eigenvalue weighted by Gasteiger charge is -2.14. The van der Waals surface area contributed by atoms with Crippen LogP contribution < -0.4 is 5.73 Å². The Morgan fingerprint density at radius 2 is 1.81 bits per heavy atom. The molecule has 2 aromatic carbocycles. The first-order chi connectivity index (χ1) is 10.1. The highest BCUT2D eigenvalue weighted by atomic mass is 35.5. The van der Waals surface area contributed by atoms with Gasteiger partial charge < -0.3 is 10.3 Å². The average Bonchev–Trinajstić information content (AvgIpc) is 2.76. The maximum absolute atomic E-state index is 6.11. The van der Waals surface area contributed by atoms with Gasteiger partial charge in [0.1, 0.15) is 0 Å². The van der Waals surface area contributed by atoms with E-state index in [1.165, 1.54) is 5.56 Å². The summed E-state index contributed by atoms with van der Waals surface area (Å²) in [5.41, 5.74) is 8.98. The van der Waals surface area contributed by atoms with Gasteiger partial charge in [0, 0.05) is 6.54 Å². The largest absolute Gasteiger partial charge is 0.369 e. The zero-order chi connectivity index (χ0) is 15.0. The molecule has 108 valence electrons. The van der Waals surface area contributed by atoms with E-state index in [0.717, 1.165) is 17.6 Å². The minimum absolute atomic E-state index is 0.320. The molecule has 0 aliphatic carbocycles. The lowest BCUT2D eigenvalue weighted by atomic mass is 10.0. The normalized spacial score (nSPS) is 12.7. The molecule has 2 N–H and O–H groups in total. The monoisotopic (exact) mass is 319 g/mol. The van der Waals surface area contributed by atoms with Gasteiger partial charge in [-0.2, -0.15) is 0 Å². The van der Waals surface area contributed by atoms with Crippen molar-refractivity contribution in [2.24, 2.45) is 0 Å². The van der Waals surface area contributed by atoms with Crippen LogP contribution in [0.3, 0.4) is 0 Å². The molecule has 3 rings (SSSR count). The molecule has 1 aromatic heterocycles. The van der Waals surface area contributed by atoms with Crippen LogP contribution in [-0.4, -0.2) is 9.55 Å². The fourth-order valence-corrected chi connectivity index (χ4v) is 2.81. The van der Waals surface area contributed by atoms with E-state index in [-0.39, 0.29) is 0 Å². The minimum atomic E-state index is 0.320. The van der Waals surface area contributed by atoms with Crippen LogP contribution in [0.5, 0.6) is 0 Å². The lowest BCUT2D eigenvalue weighted by Crippen LogP contribution is -2.09. The highest BCUT2D eigenvalue weighted by molar-refractivity contribution is 6.42. The van der Waals surface area contributed by atoms with Gasteiger partial charge in [0.05, 0.1) is 21.1 Å². The summed E-state index contributed by atoms with van der Waals surface area (Å²) in [6.07, 6.45) is 0. The van der Waals surface area contributed by atoms with E-state index in [0.29, 0.717) is 21.9 Å². The van der Waals surface area contributed by atoms with Crippen molar-refractivity contribution in [3.05, 3.63) is 58.1 Å². The Labute approximate surface area is 133 Å². The van der Waals surface area contributed by atoms with Crippen LogP contribution >= 0.6 is 23.2 Å². The SMILES string of the molecule is CC(Cn1c(N)nc2cc(Cl)c(Cl)cc21)c1ccccc1. The van der Waals surface area contributed by atoms with Crippen LogP contribution in [0.25, 0.3) is 11.0 Å². The van der Waals surface area contributed by atoms with Crippen molar-refractivity contribution < 1.29 is 0 Å². The molecule has 0 spiro atoms. The molecule has 0 radical (unpaired) electrons. The number of halogens is 2. The van der Waals surface area contributed by atoms with Gasteiger partial charge in [-0.05, 0) is 23.6 Å². The molecule has 1 heterocycles. The van der Waals surface area contributed by atoms with E-state index < -0.39 is 0 Å². The number of fused-ring (bicyclic) bond motifs is 1. The zero-order valence-electron chi connectivity index (χ0n) is 11.6. The zero-order valence-corrected chi connectivity index (χ0v) is 13.1. The summed E-state index contributed by atoms with van der Waals surface area (Å²) in [5, 5.41) is 1.00. The van der Waals surface area contributed by atoms with E-state index in [1.54, 1.807) is 6.07 Å². The number of nitrogens with zero attached hydrogens (tertiary/aromatic N) is 2. The smallest absolute Gasteiger partial charge is 0.201 e. The van der Waals surface area contributed by atoms with Crippen molar-refractivity contribution in [2.75, 3.05) is 5.73 Å². The van der Waals surface area contributed by atoms with Crippen molar-refractivity contribution in [3.8, 4) is 0 Å². The Hall–Kier alpha value is -1.71. The number of imidazole rings is 1. The third-order valence-corrected chi connectivity index (χ3v) is 4.37. The molecule has 0 saturated heterocycles. The predicted molar refractivity (Wildman–Crippen MR) is 89.0 cm³/mol. The minimum Gasteiger partial charge on any atom is -0.369 e. The molecule has 0 amide bonds. The second-order valence-electron chi connectivity index (χ2n) is 5.15. The molecule has 0 saturated carbocycles. The molecule has 1 unspecified atom stereocenters. The Kier molecular flexibility index (Phi) is 3.79. The molecule has 5 heteroatoms. The number of rotatable bonds is 3. The molecule has 0 aliphatic rings. The van der Waals surface area contributed by atoms with E-state index in [9.17, 15) is 0 Å². The van der Waals surface area contributed by atoms with Crippen LogP contribution in [0, 0.1) is 0 Å². The third kappa shape index (κ3) is 2.71. The van der Waals surface area contributed by atoms with Crippen LogP contribution in [-0.2, 0) is 6.54 Å². The second kappa shape index (κ2) is 5.58. The van der Waals surface area contributed by atoms with E-state index in [4.69, 9.17) is 28.9 Å². The summed E-state index contributed by atoms with van der Waals surface area (Å²) < 4.78 is 1.98. The molecule has 0 aliphatic heterocycles. The number of hydrogen-bond donors (Lipinski definition) is 1. The van der Waals surface area contributed by atoms with E-state index >= 15 is 0 Å². The van der Waals surface area contributed by atoms with Gasteiger partial charge in [0.25, 0.3) is 0 Å². The molecular formula is C16H15Cl2N3. The van der Waals surface area contributed by atoms with Gasteiger partial charge in [-0.15, -0.1) is 0 Å². The second-order valence-corrected chi connectivity index (χ2v) is 5.96. The quantitative estimate of drug-likeness (QED) is 0.758. The molecule has 1 atom stereocenters. The maximum Gasteiger partial charge on any atom is 0.201 e. The maximum atomic E-state index is 6.11. The number of hydrogen-bond acceptors (Lipinski definition) is 2. The average molecular weight is 320 g/mol. The summed E-state index contributed by atoms with van der Waals surface area (Å²) in [4.78, 5) is 4.36. The Morgan fingerprint density at radius 1 is 1.14 bits per heavy atom. The molecule has 3 nitrogen and oxygen atoms in total. The molecule has 0 bridgehead atoms. The fourth-order valence-electron chi connectivity index (χ4n) is 2.49. The van der Waals surface area contributed by atoms with Crippen LogP contribution in [0.1, 0.15) is 18.4 Å². The van der Waals surface area contributed by atoms with Crippen LogP contribution in [0.4, 0.5) is 5.95 Å². The van der Waals surface area contributed by atoms with Crippen molar-refractivity contribution in [1.82, 2.24) is 9.55 Å². The predicted octanol–water partition coefficient (Wildman–Crippen LogP) is 4.73. The fraction of sp³-hybridized carbons (Fsp3) is 0.188. The molecule has 21 heavy (non-hydrogen) atoms. The van der Waals surface area contributed by atoms with Gasteiger partial charge in [0.2, 0.25) is 5.95 Å². The summed E-state index contributed by atoms with van der Waals surface area (Å²) in [5.74, 6) is 0.798. The highest BCUT2D eigenvalue weighted by Crippen LogP contribution is 2.30. The first-order valence-corrected chi connectivity index (χ1v) is 7.47. The summed E-state index contributed by atoms with van der Waals surface area (Å²) in [7, 11) is 0. The van der Waals surface area contributed by atoms with Gasteiger partial charge >= 0.3 is 0 Å². The Bertz CT molecular complexity index is 781. The number of anilines is 1. The van der Waals surface area contributed by atoms with Gasteiger partial charge in [-0.3, -0.25) is 0 Å². The summed E-state index contributed by atoms with van der Waals surface area (Å²) in [6.45, 7) is 2.91. The summed E-state index contributed by atoms with van der Waals surface area (Å²) in [6, 6.07) is 13.9. The third-order valence-electron chi connectivity index (χ3n) is 3.64. The van der Waals surface area contributed by atoms with Gasteiger partial charge in [-0.1, -0.05) is 60.5 Å². The first kappa shape index (κ1) is 14.2. The molecular weight excluding hydrogens is 305 g/mol. The summed E-state index contributed by atoms with van der Waals surface area (Å²) >= 11 is 12.1. The molecule has 3 aromatic rings. The van der Waals surface area contributed by atoms with Crippen molar-refractivity contribution in [1.29, 1.82) is 0 Å². The van der Waals surface area contributed by atoms with Crippen LogP contribution in [0.2, 0.25) is 10.0 Å². The molecule has 0 fully saturated rings. The first-order valence-electron chi connectivity index (χ1n) is 6.72. The topological polar surface area (TPSA) is 43.8 Å². The van der Waals surface area contributed by atoms with E-state index in [2.05, 4.69) is 24.0 Å². The standard InChI is InChI=1S/C16H15Cl2N3/c1-10(11-5-3-2-4-6-11)9-21-15-8-13(18)12(17)7-14(15)20-16(21)19/h2-8,10H,9H2,1H3,(H2,19,20). The van der Waals surface area contributed by atoms with Crippen LogP contribution in [0.15, 0.2) is 42.5 Å². The lowest BCUT2D eigenvalue weighted by molar-refractivity contribution is 0.617. The number of benzene rings is 2. The van der Waals surface area contributed by atoms with E-state index in [1.807, 2.05) is 28.8 Å². The number of nitrogen functional groups attached to an aromatic ring is 1. The number of aromatic nitrogens is 2. The highest BCUT2D eigenvalue weighted by Gasteiger charge is 2.14. The van der Waals surface area contributed by atoms with Crippen molar-refractivity contribution >= 4 is 40.2 Å². The van der Waals surface area contributed by atoms with Gasteiger partial charge in [-0.25, -0.2) is 4.98 Å². The Morgan fingerprint density at radius 3 is 2.52 bits per heavy atom. The van der Waals surface area contributed by atoms with Crippen molar-refractivity contribution in [3.63, 3.8) is 0 Å².